The summed E-state index contributed by atoms with van der Waals surface area (Å²) in [6.45, 7) is 5.92. The third kappa shape index (κ3) is 5.26. The lowest BCUT2D eigenvalue weighted by atomic mass is 9.84. The standard InChI is InChI=1S/C33H35FN2O3/c1-22-29-19-25(37)10-13-31(29)39-33(32(22)28-6-4-7-30-27(28)5-2-3-15-35-30)24-8-11-26(12-9-24)38-18-17-36-16-14-23(20-34)21-36/h2,4-13,19,23,33,35,37H,3,14-18,20-21H2,1H3/t23-,33?/m0/s1. The van der Waals surface area contributed by atoms with Gasteiger partial charge in [0.15, 0.2) is 0 Å². The minimum atomic E-state index is -0.318. The van der Waals surface area contributed by atoms with Gasteiger partial charge in [-0.25, -0.2) is 0 Å². The van der Waals surface area contributed by atoms with Gasteiger partial charge in [-0.2, -0.15) is 0 Å². The number of likely N-dealkylation sites (tertiary alicyclic amines) is 1. The summed E-state index contributed by atoms with van der Waals surface area (Å²) in [6, 6.07) is 19.8. The van der Waals surface area contributed by atoms with E-state index in [-0.39, 0.29) is 24.4 Å². The van der Waals surface area contributed by atoms with E-state index in [4.69, 9.17) is 9.47 Å². The van der Waals surface area contributed by atoms with Gasteiger partial charge in [0.25, 0.3) is 0 Å². The van der Waals surface area contributed by atoms with Crippen LogP contribution in [0.15, 0.2) is 66.7 Å². The number of benzene rings is 3. The molecule has 6 rings (SSSR count). The Balaban J connectivity index is 1.30. The molecule has 202 valence electrons. The van der Waals surface area contributed by atoms with Gasteiger partial charge in [-0.1, -0.05) is 36.4 Å². The van der Waals surface area contributed by atoms with E-state index < -0.39 is 0 Å². The molecule has 1 fully saturated rings. The zero-order valence-electron chi connectivity index (χ0n) is 22.3. The Hall–Kier alpha value is -3.77. The van der Waals surface area contributed by atoms with Gasteiger partial charge in [-0.15, -0.1) is 0 Å². The summed E-state index contributed by atoms with van der Waals surface area (Å²) >= 11 is 0. The molecule has 0 radical (unpaired) electrons. The van der Waals surface area contributed by atoms with Gasteiger partial charge in [0.05, 0.1) is 6.67 Å². The number of allylic oxidation sites excluding steroid dienone is 1. The molecule has 3 aromatic carbocycles. The molecule has 6 heteroatoms. The fourth-order valence-corrected chi connectivity index (χ4v) is 5.92. The number of nitrogens with one attached hydrogen (secondary N) is 1. The lowest BCUT2D eigenvalue weighted by Crippen LogP contribution is -2.26. The van der Waals surface area contributed by atoms with Crippen LogP contribution in [-0.4, -0.2) is 49.5 Å². The van der Waals surface area contributed by atoms with E-state index in [0.717, 1.165) is 89.6 Å². The highest BCUT2D eigenvalue weighted by Gasteiger charge is 2.31. The van der Waals surface area contributed by atoms with Crippen LogP contribution < -0.4 is 14.8 Å². The second-order valence-corrected chi connectivity index (χ2v) is 10.6. The molecule has 0 aromatic heterocycles. The zero-order valence-corrected chi connectivity index (χ0v) is 22.3. The van der Waals surface area contributed by atoms with Crippen molar-refractivity contribution in [1.82, 2.24) is 4.90 Å². The van der Waals surface area contributed by atoms with E-state index in [9.17, 15) is 9.50 Å². The van der Waals surface area contributed by atoms with E-state index in [1.165, 1.54) is 0 Å². The number of hydrogen-bond acceptors (Lipinski definition) is 5. The molecule has 0 amide bonds. The van der Waals surface area contributed by atoms with E-state index >= 15 is 0 Å². The lowest BCUT2D eigenvalue weighted by molar-refractivity contribution is 0.228. The van der Waals surface area contributed by atoms with Gasteiger partial charge in [0, 0.05) is 47.9 Å². The fraction of sp³-hybridized carbons (Fsp3) is 0.333. The molecule has 3 heterocycles. The van der Waals surface area contributed by atoms with Gasteiger partial charge < -0.3 is 19.9 Å². The number of fused-ring (bicyclic) bond motifs is 2. The third-order valence-electron chi connectivity index (χ3n) is 8.03. The molecule has 1 unspecified atom stereocenters. The number of anilines is 1. The van der Waals surface area contributed by atoms with Crippen molar-refractivity contribution in [2.75, 3.05) is 44.8 Å². The minimum absolute atomic E-state index is 0.172. The molecule has 5 nitrogen and oxygen atoms in total. The lowest BCUT2D eigenvalue weighted by Gasteiger charge is -2.32. The topological polar surface area (TPSA) is 54.0 Å². The average molecular weight is 527 g/mol. The van der Waals surface area contributed by atoms with Gasteiger partial charge in [-0.05, 0) is 79.4 Å². The number of alkyl halides is 1. The number of nitrogens with zero attached hydrogens (tertiary/aromatic N) is 1. The summed E-state index contributed by atoms with van der Waals surface area (Å²) in [6.07, 6.45) is 6.00. The molecular weight excluding hydrogens is 491 g/mol. The van der Waals surface area contributed by atoms with Crippen LogP contribution in [0.25, 0.3) is 17.2 Å². The maximum Gasteiger partial charge on any atom is 0.150 e. The van der Waals surface area contributed by atoms with Crippen molar-refractivity contribution in [3.05, 3.63) is 89.0 Å². The normalized spacial score (nSPS) is 20.6. The number of ether oxygens (including phenoxy) is 2. The Morgan fingerprint density at radius 3 is 2.79 bits per heavy atom. The Morgan fingerprint density at radius 2 is 1.97 bits per heavy atom. The summed E-state index contributed by atoms with van der Waals surface area (Å²) in [7, 11) is 0. The second kappa shape index (κ2) is 11.1. The molecule has 3 aliphatic heterocycles. The van der Waals surface area contributed by atoms with Gasteiger partial charge >= 0.3 is 0 Å². The first-order valence-corrected chi connectivity index (χ1v) is 13.9. The first-order valence-electron chi connectivity index (χ1n) is 13.9. The third-order valence-corrected chi connectivity index (χ3v) is 8.03. The number of hydrogen-bond donors (Lipinski definition) is 2. The van der Waals surface area contributed by atoms with E-state index in [2.05, 4.69) is 59.6 Å². The summed E-state index contributed by atoms with van der Waals surface area (Å²) in [5.41, 5.74) is 7.49. The summed E-state index contributed by atoms with van der Waals surface area (Å²) in [4.78, 5) is 2.27. The van der Waals surface area contributed by atoms with Gasteiger partial charge in [0.1, 0.15) is 30.0 Å². The van der Waals surface area contributed by atoms with Crippen molar-refractivity contribution >= 4 is 22.9 Å². The Labute approximate surface area is 229 Å². The molecule has 0 spiro atoms. The first kappa shape index (κ1) is 25.5. The molecule has 39 heavy (non-hydrogen) atoms. The van der Waals surface area contributed by atoms with Crippen molar-refractivity contribution in [1.29, 1.82) is 0 Å². The highest BCUT2D eigenvalue weighted by atomic mass is 19.1. The first-order chi connectivity index (χ1) is 19.1. The number of phenols is 1. The van der Waals surface area contributed by atoms with Crippen LogP contribution in [-0.2, 0) is 0 Å². The molecule has 3 aromatic rings. The molecule has 0 saturated carbocycles. The van der Waals surface area contributed by atoms with Crippen LogP contribution in [0.3, 0.4) is 0 Å². The Bertz CT molecular complexity index is 1400. The maximum atomic E-state index is 12.9. The predicted octanol–water partition coefficient (Wildman–Crippen LogP) is 6.96. The molecule has 0 aliphatic carbocycles. The molecule has 1 saturated heterocycles. The van der Waals surface area contributed by atoms with E-state index in [1.807, 2.05) is 18.2 Å². The monoisotopic (exact) mass is 526 g/mol. The molecule has 2 N–H and O–H groups in total. The van der Waals surface area contributed by atoms with Crippen molar-refractivity contribution in [3.8, 4) is 17.2 Å². The number of aromatic hydroxyl groups is 1. The Morgan fingerprint density at radius 1 is 1.10 bits per heavy atom. The highest BCUT2D eigenvalue weighted by molar-refractivity contribution is 5.99. The van der Waals surface area contributed by atoms with Crippen LogP contribution >= 0.6 is 0 Å². The largest absolute Gasteiger partial charge is 0.508 e. The summed E-state index contributed by atoms with van der Waals surface area (Å²) in [5, 5.41) is 13.8. The van der Waals surface area contributed by atoms with Crippen LogP contribution in [0, 0.1) is 5.92 Å². The maximum absolute atomic E-state index is 12.9. The highest BCUT2D eigenvalue weighted by Crippen LogP contribution is 2.49. The number of rotatable bonds is 7. The van der Waals surface area contributed by atoms with E-state index in [1.54, 1.807) is 12.1 Å². The van der Waals surface area contributed by atoms with Crippen molar-refractivity contribution in [2.45, 2.75) is 25.9 Å². The molecule has 3 aliphatic rings. The van der Waals surface area contributed by atoms with Gasteiger partial charge in [0.2, 0.25) is 0 Å². The smallest absolute Gasteiger partial charge is 0.150 e. The number of phenolic OH excluding ortho intramolecular Hbond substituents is 1. The minimum Gasteiger partial charge on any atom is -0.508 e. The van der Waals surface area contributed by atoms with Crippen LogP contribution in [0.4, 0.5) is 10.1 Å². The van der Waals surface area contributed by atoms with Crippen LogP contribution in [0.5, 0.6) is 17.2 Å². The average Bonchev–Trinajstić information content (AvgIpc) is 3.28. The SMILES string of the molecule is CC1=C(c2cccc3c2C=CCCN3)C(c2ccc(OCCN3CC[C@@H](CF)C3)cc2)Oc2ccc(O)cc21. The van der Waals surface area contributed by atoms with Crippen molar-refractivity contribution in [3.63, 3.8) is 0 Å². The van der Waals surface area contributed by atoms with Crippen LogP contribution in [0.2, 0.25) is 0 Å². The molecular formula is C33H35FN2O3. The quantitative estimate of drug-likeness (QED) is 0.349. The summed E-state index contributed by atoms with van der Waals surface area (Å²) in [5.74, 6) is 1.96. The van der Waals surface area contributed by atoms with Crippen molar-refractivity contribution < 1.29 is 19.0 Å². The predicted molar refractivity (Wildman–Crippen MR) is 155 cm³/mol. The Kier molecular flexibility index (Phi) is 7.29. The fourth-order valence-electron chi connectivity index (χ4n) is 5.92. The van der Waals surface area contributed by atoms with Crippen molar-refractivity contribution in [2.24, 2.45) is 5.92 Å². The second-order valence-electron chi connectivity index (χ2n) is 10.6. The zero-order chi connectivity index (χ0) is 26.8. The van der Waals surface area contributed by atoms with Crippen LogP contribution in [0.1, 0.15) is 48.1 Å². The summed E-state index contributed by atoms with van der Waals surface area (Å²) < 4.78 is 25.6. The number of halogens is 1. The molecule has 2 atom stereocenters. The van der Waals surface area contributed by atoms with Gasteiger partial charge in [-0.3, -0.25) is 9.29 Å². The molecule has 0 bridgehead atoms. The van der Waals surface area contributed by atoms with E-state index in [0.29, 0.717) is 6.61 Å².